The second-order valence-corrected chi connectivity index (χ2v) is 6.59. The average molecular weight is 432 g/mol. The molecular formula is C19H17FN4O5S. The summed E-state index contributed by atoms with van der Waals surface area (Å²) >= 11 is 0.863. The van der Waals surface area contributed by atoms with E-state index in [1.807, 2.05) is 0 Å². The summed E-state index contributed by atoms with van der Waals surface area (Å²) in [4.78, 5) is 18.7. The second kappa shape index (κ2) is 9.74. The molecule has 0 aliphatic heterocycles. The molecule has 0 unspecified atom stereocenters. The zero-order chi connectivity index (χ0) is 21.5. The lowest BCUT2D eigenvalue weighted by Gasteiger charge is -2.12. The van der Waals surface area contributed by atoms with Crippen molar-refractivity contribution in [1.82, 2.24) is 9.97 Å². The minimum absolute atomic E-state index is 0.0583. The summed E-state index contributed by atoms with van der Waals surface area (Å²) in [6.45, 7) is 0.0583. The summed E-state index contributed by atoms with van der Waals surface area (Å²) in [5.74, 6) is 0.314. The molecule has 3 aromatic rings. The lowest BCUT2D eigenvalue weighted by molar-refractivity contribution is -0.387. The maximum absolute atomic E-state index is 14.1. The Kier molecular flexibility index (Phi) is 6.86. The molecule has 1 N–H and O–H groups in total. The minimum Gasteiger partial charge on any atom is -0.497 e. The van der Waals surface area contributed by atoms with E-state index in [2.05, 4.69) is 14.7 Å². The van der Waals surface area contributed by atoms with Gasteiger partial charge in [0.25, 0.3) is 5.69 Å². The Morgan fingerprint density at radius 1 is 1.20 bits per heavy atom. The zero-order valence-corrected chi connectivity index (χ0v) is 16.8. The molecule has 0 saturated carbocycles. The van der Waals surface area contributed by atoms with Crippen LogP contribution in [-0.4, -0.2) is 29.1 Å². The number of hydrogen-bond donors (Lipinski definition) is 1. The number of aromatic nitrogens is 2. The van der Waals surface area contributed by atoms with E-state index in [0.29, 0.717) is 22.0 Å². The van der Waals surface area contributed by atoms with Crippen LogP contribution in [0.1, 0.15) is 5.56 Å². The van der Waals surface area contributed by atoms with Crippen molar-refractivity contribution in [2.45, 2.75) is 11.5 Å². The van der Waals surface area contributed by atoms with Crippen LogP contribution in [-0.2, 0) is 6.61 Å². The van der Waals surface area contributed by atoms with Crippen molar-refractivity contribution in [3.05, 3.63) is 70.2 Å². The highest BCUT2D eigenvalue weighted by molar-refractivity contribution is 8.00. The van der Waals surface area contributed by atoms with Crippen LogP contribution in [0.3, 0.4) is 0 Å². The number of nitrogens with one attached hydrogen (secondary N) is 1. The van der Waals surface area contributed by atoms with Gasteiger partial charge in [-0.15, -0.1) is 0 Å². The van der Waals surface area contributed by atoms with Crippen LogP contribution in [0, 0.1) is 15.9 Å². The molecule has 2 aromatic carbocycles. The van der Waals surface area contributed by atoms with Crippen LogP contribution in [0.4, 0.5) is 15.9 Å². The Labute approximate surface area is 175 Å². The predicted molar refractivity (Wildman–Crippen MR) is 108 cm³/mol. The van der Waals surface area contributed by atoms with E-state index < -0.39 is 10.7 Å². The van der Waals surface area contributed by atoms with Crippen molar-refractivity contribution in [1.29, 1.82) is 0 Å². The predicted octanol–water partition coefficient (Wildman–Crippen LogP) is 4.24. The van der Waals surface area contributed by atoms with Gasteiger partial charge in [0.2, 0.25) is 0 Å². The van der Waals surface area contributed by atoms with Crippen molar-refractivity contribution in [2.24, 2.45) is 0 Å². The van der Waals surface area contributed by atoms with Crippen LogP contribution in [0.5, 0.6) is 17.5 Å². The van der Waals surface area contributed by atoms with Gasteiger partial charge in [-0.25, -0.2) is 9.37 Å². The van der Waals surface area contributed by atoms with Crippen LogP contribution in [0.25, 0.3) is 0 Å². The molecule has 0 aliphatic carbocycles. The summed E-state index contributed by atoms with van der Waals surface area (Å²) < 4.78 is 32.8. The molecule has 3 rings (SSSR count). The average Bonchev–Trinajstić information content (AvgIpc) is 2.77. The quantitative estimate of drug-likeness (QED) is 0.302. The fourth-order valence-electron chi connectivity index (χ4n) is 2.43. The van der Waals surface area contributed by atoms with Crippen molar-refractivity contribution in [3.8, 4) is 17.5 Å². The summed E-state index contributed by atoms with van der Waals surface area (Å²) in [6.07, 6.45) is 0.952. The van der Waals surface area contributed by atoms with E-state index in [4.69, 9.17) is 14.2 Å². The van der Waals surface area contributed by atoms with E-state index in [-0.39, 0.29) is 24.1 Å². The smallest absolute Gasteiger partial charge is 0.318 e. The first kappa shape index (κ1) is 21.1. The number of anilines is 1. The first-order valence-electron chi connectivity index (χ1n) is 8.54. The number of hydrogen-bond acceptors (Lipinski definition) is 9. The highest BCUT2D eigenvalue weighted by atomic mass is 32.2. The number of nitrogens with zero attached hydrogens (tertiary/aromatic N) is 3. The third-order valence-electron chi connectivity index (χ3n) is 3.89. The van der Waals surface area contributed by atoms with Gasteiger partial charge in [-0.05, 0) is 36.2 Å². The topological polar surface area (TPSA) is 109 Å². The Balaban J connectivity index is 1.72. The molecule has 0 saturated heterocycles. The van der Waals surface area contributed by atoms with Crippen LogP contribution in [0.15, 0.2) is 53.6 Å². The Morgan fingerprint density at radius 3 is 2.73 bits per heavy atom. The summed E-state index contributed by atoms with van der Waals surface area (Å²) in [7, 11) is 3.07. The molecule has 1 heterocycles. The monoisotopic (exact) mass is 432 g/mol. The highest BCUT2D eigenvalue weighted by Crippen LogP contribution is 2.30. The van der Waals surface area contributed by atoms with E-state index >= 15 is 0 Å². The lowest BCUT2D eigenvalue weighted by Crippen LogP contribution is -2.04. The SMILES string of the molecule is COc1ccc(OC)c(COc2ncc(F)c(NSc3ccccc3[N+](=O)[O-])n2)c1. The highest BCUT2D eigenvalue weighted by Gasteiger charge is 2.15. The van der Waals surface area contributed by atoms with Crippen LogP contribution in [0.2, 0.25) is 0 Å². The summed E-state index contributed by atoms with van der Waals surface area (Å²) in [6, 6.07) is 11.2. The van der Waals surface area contributed by atoms with Crippen molar-refractivity contribution >= 4 is 23.5 Å². The van der Waals surface area contributed by atoms with Crippen molar-refractivity contribution in [2.75, 3.05) is 18.9 Å². The number of nitro groups is 1. The molecule has 156 valence electrons. The maximum atomic E-state index is 14.1. The van der Waals surface area contributed by atoms with Gasteiger partial charge in [-0.1, -0.05) is 12.1 Å². The fourth-order valence-corrected chi connectivity index (χ4v) is 3.17. The molecule has 0 fully saturated rings. The Hall–Kier alpha value is -3.60. The minimum atomic E-state index is -0.729. The van der Waals surface area contributed by atoms with Crippen LogP contribution >= 0.6 is 11.9 Å². The second-order valence-electron chi connectivity index (χ2n) is 5.74. The van der Waals surface area contributed by atoms with Crippen LogP contribution < -0.4 is 18.9 Å². The lowest BCUT2D eigenvalue weighted by atomic mass is 10.2. The number of benzene rings is 2. The van der Waals surface area contributed by atoms with Crippen molar-refractivity contribution < 1.29 is 23.5 Å². The molecule has 0 aliphatic rings. The van der Waals surface area contributed by atoms with Gasteiger partial charge in [0.15, 0.2) is 11.6 Å². The molecule has 0 atom stereocenters. The fraction of sp³-hybridized carbons (Fsp3) is 0.158. The molecule has 0 bridgehead atoms. The molecule has 0 amide bonds. The normalized spacial score (nSPS) is 10.4. The van der Waals surface area contributed by atoms with Gasteiger partial charge in [0.05, 0.1) is 25.3 Å². The van der Waals surface area contributed by atoms with E-state index in [1.54, 1.807) is 43.5 Å². The standard InChI is InChI=1S/C19H17FN4O5S/c1-27-13-7-8-16(28-2)12(9-13)11-29-19-21-10-14(20)18(22-19)23-30-17-6-4-3-5-15(17)24(25)26/h3-10H,11H2,1-2H3,(H,21,22,23). The van der Waals surface area contributed by atoms with E-state index in [0.717, 1.165) is 18.1 Å². The van der Waals surface area contributed by atoms with Crippen molar-refractivity contribution in [3.63, 3.8) is 0 Å². The van der Waals surface area contributed by atoms with Gasteiger partial charge in [-0.2, -0.15) is 4.98 Å². The largest absolute Gasteiger partial charge is 0.497 e. The van der Waals surface area contributed by atoms with Gasteiger partial charge in [0.1, 0.15) is 23.0 Å². The number of para-hydroxylation sites is 1. The van der Waals surface area contributed by atoms with E-state index in [1.165, 1.54) is 13.2 Å². The molecule has 0 radical (unpaired) electrons. The number of rotatable bonds is 9. The molecule has 1 aromatic heterocycles. The number of nitro benzene ring substituents is 1. The Morgan fingerprint density at radius 2 is 2.00 bits per heavy atom. The summed E-state index contributed by atoms with van der Waals surface area (Å²) in [5.41, 5.74) is 0.583. The number of methoxy groups -OCH3 is 2. The molecule has 11 heteroatoms. The molecule has 30 heavy (non-hydrogen) atoms. The number of halogens is 1. The third kappa shape index (κ3) is 5.06. The summed E-state index contributed by atoms with van der Waals surface area (Å²) in [5, 5.41) is 11.1. The van der Waals surface area contributed by atoms with E-state index in [9.17, 15) is 14.5 Å². The molecular weight excluding hydrogens is 415 g/mol. The first-order valence-corrected chi connectivity index (χ1v) is 9.36. The van der Waals surface area contributed by atoms with Gasteiger partial charge < -0.3 is 18.9 Å². The Bertz CT molecular complexity index is 1050. The maximum Gasteiger partial charge on any atom is 0.318 e. The third-order valence-corrected chi connectivity index (χ3v) is 4.75. The molecule has 0 spiro atoms. The van der Waals surface area contributed by atoms with Gasteiger partial charge in [0, 0.05) is 11.6 Å². The molecule has 9 nitrogen and oxygen atoms in total. The van der Waals surface area contributed by atoms with Gasteiger partial charge in [-0.3, -0.25) is 10.1 Å². The zero-order valence-electron chi connectivity index (χ0n) is 16.0. The number of ether oxygens (including phenoxy) is 3. The first-order chi connectivity index (χ1) is 14.5. The van der Waals surface area contributed by atoms with Gasteiger partial charge >= 0.3 is 6.01 Å².